The van der Waals surface area contributed by atoms with E-state index in [4.69, 9.17) is 9.15 Å². The van der Waals surface area contributed by atoms with Crippen molar-refractivity contribution >= 4 is 49.8 Å². The highest BCUT2D eigenvalue weighted by atomic mass is 79.9. The van der Waals surface area contributed by atoms with Gasteiger partial charge in [-0.25, -0.2) is 5.43 Å². The monoisotopic (exact) mass is 422 g/mol. The van der Waals surface area contributed by atoms with Crippen molar-refractivity contribution in [2.75, 3.05) is 7.11 Å². The van der Waals surface area contributed by atoms with Crippen molar-refractivity contribution in [2.45, 2.75) is 0 Å². The molecule has 0 fully saturated rings. The summed E-state index contributed by atoms with van der Waals surface area (Å²) in [6.45, 7) is 0. The van der Waals surface area contributed by atoms with E-state index >= 15 is 0 Å². The van der Waals surface area contributed by atoms with Crippen LogP contribution in [0.1, 0.15) is 16.1 Å². The van der Waals surface area contributed by atoms with Gasteiger partial charge < -0.3 is 9.15 Å². The predicted molar refractivity (Wildman–Crippen MR) is 109 cm³/mol. The number of halogens is 1. The molecule has 4 aromatic rings. The van der Waals surface area contributed by atoms with Crippen molar-refractivity contribution in [3.8, 4) is 5.75 Å². The zero-order chi connectivity index (χ0) is 18.8. The Hall–Kier alpha value is -3.12. The van der Waals surface area contributed by atoms with E-state index in [9.17, 15) is 4.79 Å². The van der Waals surface area contributed by atoms with Gasteiger partial charge in [0.2, 0.25) is 0 Å². The SMILES string of the molecule is COc1ccc2ccccc2c1/C=N\NC(=O)c1cc2cc(Br)ccc2o1. The number of hydrazone groups is 1. The minimum absolute atomic E-state index is 0.199. The first-order valence-electron chi connectivity index (χ1n) is 8.24. The average Bonchev–Trinajstić information content (AvgIpc) is 3.11. The van der Waals surface area contributed by atoms with Crippen LogP contribution in [0.5, 0.6) is 5.75 Å². The van der Waals surface area contributed by atoms with Gasteiger partial charge in [-0.05, 0) is 41.1 Å². The lowest BCUT2D eigenvalue weighted by molar-refractivity contribution is 0.0929. The Kier molecular flexibility index (Phi) is 4.64. The minimum atomic E-state index is -0.419. The second-order valence-corrected chi connectivity index (χ2v) is 6.81. The number of rotatable bonds is 4. The maximum atomic E-state index is 12.3. The number of benzene rings is 3. The molecule has 1 N–H and O–H groups in total. The van der Waals surface area contributed by atoms with Gasteiger partial charge in [0, 0.05) is 15.4 Å². The first kappa shape index (κ1) is 17.3. The van der Waals surface area contributed by atoms with Gasteiger partial charge in [0.05, 0.1) is 13.3 Å². The van der Waals surface area contributed by atoms with Crippen molar-refractivity contribution in [1.82, 2.24) is 5.43 Å². The first-order valence-corrected chi connectivity index (χ1v) is 9.03. The van der Waals surface area contributed by atoms with Crippen LogP contribution < -0.4 is 10.2 Å². The molecule has 0 bridgehead atoms. The highest BCUT2D eigenvalue weighted by molar-refractivity contribution is 9.10. The van der Waals surface area contributed by atoms with E-state index in [1.54, 1.807) is 25.5 Å². The van der Waals surface area contributed by atoms with Crippen LogP contribution in [0.4, 0.5) is 0 Å². The Morgan fingerprint density at radius 3 is 2.81 bits per heavy atom. The van der Waals surface area contributed by atoms with E-state index in [0.29, 0.717) is 11.3 Å². The van der Waals surface area contributed by atoms with Crippen molar-refractivity contribution < 1.29 is 13.9 Å². The highest BCUT2D eigenvalue weighted by Crippen LogP contribution is 2.26. The van der Waals surface area contributed by atoms with Crippen LogP contribution in [-0.4, -0.2) is 19.2 Å². The molecule has 6 heteroatoms. The molecule has 5 nitrogen and oxygen atoms in total. The number of amides is 1. The Morgan fingerprint density at radius 2 is 1.96 bits per heavy atom. The average molecular weight is 423 g/mol. The van der Waals surface area contributed by atoms with Crippen LogP contribution in [-0.2, 0) is 0 Å². The number of nitrogens with one attached hydrogen (secondary N) is 1. The van der Waals surface area contributed by atoms with Crippen molar-refractivity contribution in [1.29, 1.82) is 0 Å². The molecule has 4 rings (SSSR count). The van der Waals surface area contributed by atoms with Gasteiger partial charge in [0.1, 0.15) is 11.3 Å². The molecule has 0 radical (unpaired) electrons. The summed E-state index contributed by atoms with van der Waals surface area (Å²) < 4.78 is 11.9. The molecule has 0 atom stereocenters. The summed E-state index contributed by atoms with van der Waals surface area (Å²) >= 11 is 3.40. The lowest BCUT2D eigenvalue weighted by Crippen LogP contribution is -2.16. The van der Waals surface area contributed by atoms with Crippen molar-refractivity contribution in [3.05, 3.63) is 76.5 Å². The minimum Gasteiger partial charge on any atom is -0.496 e. The number of carbonyl (C=O) groups excluding carboxylic acids is 1. The van der Waals surface area contributed by atoms with Gasteiger partial charge in [-0.1, -0.05) is 46.3 Å². The van der Waals surface area contributed by atoms with Crippen LogP contribution in [0.15, 0.2) is 74.7 Å². The molecule has 1 aromatic heterocycles. The van der Waals surface area contributed by atoms with E-state index in [1.807, 2.05) is 48.5 Å². The number of nitrogens with zero attached hydrogens (tertiary/aromatic N) is 1. The molecule has 0 unspecified atom stereocenters. The van der Waals surface area contributed by atoms with E-state index < -0.39 is 5.91 Å². The third kappa shape index (κ3) is 3.44. The zero-order valence-corrected chi connectivity index (χ0v) is 16.0. The Balaban J connectivity index is 1.60. The number of hydrogen-bond acceptors (Lipinski definition) is 4. The molecular formula is C21H15BrN2O3. The molecular weight excluding hydrogens is 408 g/mol. The highest BCUT2D eigenvalue weighted by Gasteiger charge is 2.12. The Labute approximate surface area is 163 Å². The fourth-order valence-electron chi connectivity index (χ4n) is 2.92. The third-order valence-electron chi connectivity index (χ3n) is 4.21. The number of methoxy groups -OCH3 is 1. The lowest BCUT2D eigenvalue weighted by atomic mass is 10.0. The van der Waals surface area contributed by atoms with Gasteiger partial charge in [-0.15, -0.1) is 0 Å². The molecule has 0 aliphatic carbocycles. The fraction of sp³-hybridized carbons (Fsp3) is 0.0476. The van der Waals surface area contributed by atoms with Crippen LogP contribution in [0, 0.1) is 0 Å². The summed E-state index contributed by atoms with van der Waals surface area (Å²) in [4.78, 5) is 12.3. The quantitative estimate of drug-likeness (QED) is 0.366. The van der Waals surface area contributed by atoms with Crippen LogP contribution >= 0.6 is 15.9 Å². The summed E-state index contributed by atoms with van der Waals surface area (Å²) in [6, 6.07) is 19.0. The second kappa shape index (κ2) is 7.25. The first-order chi connectivity index (χ1) is 13.2. The van der Waals surface area contributed by atoms with Crippen molar-refractivity contribution in [2.24, 2.45) is 5.10 Å². The van der Waals surface area contributed by atoms with Gasteiger partial charge in [-0.3, -0.25) is 4.79 Å². The maximum Gasteiger partial charge on any atom is 0.307 e. The molecule has 1 heterocycles. The van der Waals surface area contributed by atoms with E-state index in [2.05, 4.69) is 26.5 Å². The smallest absolute Gasteiger partial charge is 0.307 e. The number of fused-ring (bicyclic) bond motifs is 2. The zero-order valence-electron chi connectivity index (χ0n) is 14.4. The molecule has 3 aromatic carbocycles. The standard InChI is InChI=1S/C21H15BrN2O3/c1-26-19-8-6-13-4-2-3-5-16(13)17(19)12-23-24-21(25)20-11-14-10-15(22)7-9-18(14)27-20/h2-12H,1H3,(H,24,25)/b23-12-. The molecule has 1 amide bonds. The Morgan fingerprint density at radius 1 is 1.11 bits per heavy atom. The number of hydrogen-bond donors (Lipinski definition) is 1. The number of ether oxygens (including phenoxy) is 1. The largest absolute Gasteiger partial charge is 0.496 e. The molecule has 0 aliphatic rings. The lowest BCUT2D eigenvalue weighted by Gasteiger charge is -2.08. The normalized spacial score (nSPS) is 11.3. The number of furan rings is 1. The van der Waals surface area contributed by atoms with Crippen LogP contribution in [0.25, 0.3) is 21.7 Å². The van der Waals surface area contributed by atoms with Gasteiger partial charge in [0.15, 0.2) is 5.76 Å². The molecule has 0 aliphatic heterocycles. The van der Waals surface area contributed by atoms with Gasteiger partial charge in [-0.2, -0.15) is 5.10 Å². The summed E-state index contributed by atoms with van der Waals surface area (Å²) in [7, 11) is 1.60. The third-order valence-corrected chi connectivity index (χ3v) is 4.71. The van der Waals surface area contributed by atoms with E-state index in [0.717, 1.165) is 26.2 Å². The summed E-state index contributed by atoms with van der Waals surface area (Å²) in [5.41, 5.74) is 3.95. The summed E-state index contributed by atoms with van der Waals surface area (Å²) in [5, 5.41) is 6.99. The molecule has 0 spiro atoms. The number of carbonyl (C=O) groups is 1. The molecule has 0 saturated heterocycles. The van der Waals surface area contributed by atoms with Crippen LogP contribution in [0.3, 0.4) is 0 Å². The van der Waals surface area contributed by atoms with Gasteiger partial charge >= 0.3 is 5.91 Å². The van der Waals surface area contributed by atoms with E-state index in [-0.39, 0.29) is 5.76 Å². The van der Waals surface area contributed by atoms with Crippen molar-refractivity contribution in [3.63, 3.8) is 0 Å². The summed E-state index contributed by atoms with van der Waals surface area (Å²) in [5.74, 6) is 0.461. The topological polar surface area (TPSA) is 63.8 Å². The predicted octanol–water partition coefficient (Wildman–Crippen LogP) is 5.12. The van der Waals surface area contributed by atoms with Crippen LogP contribution in [0.2, 0.25) is 0 Å². The van der Waals surface area contributed by atoms with E-state index in [1.165, 1.54) is 0 Å². The summed E-state index contributed by atoms with van der Waals surface area (Å²) in [6.07, 6.45) is 1.58. The second-order valence-electron chi connectivity index (χ2n) is 5.89. The fourth-order valence-corrected chi connectivity index (χ4v) is 3.30. The maximum absolute atomic E-state index is 12.3. The molecule has 0 saturated carbocycles. The Bertz CT molecular complexity index is 1180. The molecule has 134 valence electrons. The molecule has 27 heavy (non-hydrogen) atoms. The van der Waals surface area contributed by atoms with Gasteiger partial charge in [0.25, 0.3) is 0 Å².